The predicted octanol–water partition coefficient (Wildman–Crippen LogP) is 9.08. The Hall–Kier alpha value is -4.00. The molecule has 0 fully saturated rings. The Bertz CT molecular complexity index is 1880. The Balaban J connectivity index is 1.72. The molecule has 2 aromatic heterocycles. The summed E-state index contributed by atoms with van der Waals surface area (Å²) in [7, 11) is 0. The van der Waals surface area contributed by atoms with Crippen molar-refractivity contribution in [3.05, 3.63) is 146 Å². The van der Waals surface area contributed by atoms with Crippen molar-refractivity contribution in [2.24, 2.45) is 0 Å². The Kier molecular flexibility index (Phi) is 8.58. The molecule has 0 aliphatic rings. The van der Waals surface area contributed by atoms with Gasteiger partial charge in [0.1, 0.15) is 11.2 Å². The van der Waals surface area contributed by atoms with Crippen LogP contribution in [0.4, 0.5) is 0 Å². The summed E-state index contributed by atoms with van der Waals surface area (Å²) in [6.45, 7) is 7.96. The molecule has 5 rings (SSSR count). The lowest BCUT2D eigenvalue weighted by molar-refractivity contribution is 0.536. The maximum Gasteiger partial charge on any atom is 0.340 e. The number of allylic oxidation sites excluding steroid dienone is 4. The highest BCUT2D eigenvalue weighted by Crippen LogP contribution is 2.39. The van der Waals surface area contributed by atoms with E-state index in [1.807, 2.05) is 79.7 Å². The zero-order chi connectivity index (χ0) is 28.1. The quantitative estimate of drug-likeness (QED) is 0.101. The van der Waals surface area contributed by atoms with E-state index in [-0.39, 0.29) is 6.42 Å². The fourth-order valence-electron chi connectivity index (χ4n) is 4.35. The van der Waals surface area contributed by atoms with Crippen molar-refractivity contribution in [1.82, 2.24) is 0 Å². The second kappa shape index (κ2) is 12.5. The summed E-state index contributed by atoms with van der Waals surface area (Å²) in [5.41, 5.74) is 2.05. The number of rotatable bonds is 9. The molecule has 0 amide bonds. The van der Waals surface area contributed by atoms with Crippen molar-refractivity contribution in [2.75, 3.05) is 0 Å². The monoisotopic (exact) mass is 564 g/mol. The molecule has 2 heterocycles. The number of aryl methyl sites for hydroxylation is 1. The minimum Gasteiger partial charge on any atom is -0.422 e. The topological polar surface area (TPSA) is 60.4 Å². The van der Waals surface area contributed by atoms with Crippen LogP contribution in [0.2, 0.25) is 0 Å². The van der Waals surface area contributed by atoms with E-state index in [4.69, 9.17) is 8.83 Å². The van der Waals surface area contributed by atoms with Crippen molar-refractivity contribution < 1.29 is 8.83 Å². The number of hydrogen-bond donors (Lipinski definition) is 0. The van der Waals surface area contributed by atoms with Gasteiger partial charge in [0.05, 0.1) is 11.1 Å². The van der Waals surface area contributed by atoms with E-state index < -0.39 is 11.3 Å². The fourth-order valence-corrected chi connectivity index (χ4v) is 6.54. The van der Waals surface area contributed by atoms with E-state index in [1.54, 1.807) is 18.2 Å². The average Bonchev–Trinajstić information content (AvgIpc) is 2.96. The van der Waals surface area contributed by atoms with E-state index in [1.165, 1.54) is 23.5 Å². The Morgan fingerprint density at radius 2 is 1.40 bits per heavy atom. The van der Waals surface area contributed by atoms with E-state index >= 15 is 0 Å². The van der Waals surface area contributed by atoms with Gasteiger partial charge in [-0.25, -0.2) is 9.59 Å². The minimum atomic E-state index is -0.475. The van der Waals surface area contributed by atoms with Crippen molar-refractivity contribution in [1.29, 1.82) is 0 Å². The van der Waals surface area contributed by atoms with Crippen LogP contribution in [-0.4, -0.2) is 0 Å². The number of hydrogen-bond acceptors (Lipinski definition) is 6. The molecule has 0 unspecified atom stereocenters. The predicted molar refractivity (Wildman–Crippen MR) is 167 cm³/mol. The van der Waals surface area contributed by atoms with Crippen LogP contribution in [0.3, 0.4) is 0 Å². The van der Waals surface area contributed by atoms with Crippen LogP contribution < -0.4 is 11.3 Å². The molecule has 4 nitrogen and oxygen atoms in total. The van der Waals surface area contributed by atoms with Crippen molar-refractivity contribution >= 4 is 45.5 Å². The second-order valence-corrected chi connectivity index (χ2v) is 11.4. The van der Waals surface area contributed by atoms with Gasteiger partial charge in [0, 0.05) is 36.8 Å². The van der Waals surface area contributed by atoms with Gasteiger partial charge in [0.2, 0.25) is 0 Å². The first-order valence-corrected chi connectivity index (χ1v) is 14.6. The smallest absolute Gasteiger partial charge is 0.340 e. The van der Waals surface area contributed by atoms with Crippen molar-refractivity contribution in [3.8, 4) is 0 Å². The Morgan fingerprint density at radius 1 is 0.825 bits per heavy atom. The van der Waals surface area contributed by atoms with Gasteiger partial charge < -0.3 is 8.83 Å². The molecule has 3 aromatic carbocycles. The maximum atomic E-state index is 13.5. The maximum absolute atomic E-state index is 13.5. The molecule has 0 aliphatic carbocycles. The standard InChI is InChI=1S/C34H28O4S2/c1-4-6-12-23(11-5-2)39-31-25-13-7-9-15-29(25)37-33(35)27(31)21-28-32(40-24-19-17-22(3)18-20-24)26-14-8-10-16-30(26)38-34(28)36/h5-20H,2,4,21H2,1,3H3/b12-6-,23-11+. The SMILES string of the molecule is C=C/C=C(\C=C/CC)Sc1c(Cc2c(Sc3ccc(C)cc3)c3ccccc3oc2=O)c(=O)oc2ccccc12. The first-order valence-electron chi connectivity index (χ1n) is 13.0. The summed E-state index contributed by atoms with van der Waals surface area (Å²) < 4.78 is 11.5. The van der Waals surface area contributed by atoms with Gasteiger partial charge in [-0.15, -0.1) is 0 Å². The van der Waals surface area contributed by atoms with Crippen LogP contribution in [0.1, 0.15) is 30.0 Å². The Labute approximate surface area is 241 Å². The minimum absolute atomic E-state index is 0.0652. The average molecular weight is 565 g/mol. The highest BCUT2D eigenvalue weighted by molar-refractivity contribution is 8.03. The molecule has 0 aliphatic heterocycles. The summed E-state index contributed by atoms with van der Waals surface area (Å²) in [4.78, 5) is 30.5. The molecule has 0 N–H and O–H groups in total. The van der Waals surface area contributed by atoms with Crippen LogP contribution in [0, 0.1) is 6.92 Å². The van der Waals surface area contributed by atoms with E-state index in [0.717, 1.165) is 42.3 Å². The summed E-state index contributed by atoms with van der Waals surface area (Å²) in [5.74, 6) is 0. The molecule has 6 heteroatoms. The third-order valence-corrected chi connectivity index (χ3v) is 8.68. The highest BCUT2D eigenvalue weighted by Gasteiger charge is 2.22. The number of fused-ring (bicyclic) bond motifs is 2. The number of benzene rings is 3. The lowest BCUT2D eigenvalue weighted by atomic mass is 10.0. The summed E-state index contributed by atoms with van der Waals surface area (Å²) in [6, 6.07) is 23.1. The van der Waals surface area contributed by atoms with E-state index in [0.29, 0.717) is 22.3 Å². The van der Waals surface area contributed by atoms with Crippen LogP contribution in [0.5, 0.6) is 0 Å². The van der Waals surface area contributed by atoms with Gasteiger partial charge in [0.15, 0.2) is 0 Å². The van der Waals surface area contributed by atoms with E-state index in [9.17, 15) is 9.59 Å². The molecule has 0 radical (unpaired) electrons. The largest absolute Gasteiger partial charge is 0.422 e. The molecule has 0 bridgehead atoms. The first kappa shape index (κ1) is 27.6. The number of thioether (sulfide) groups is 1. The molecule has 0 atom stereocenters. The van der Waals surface area contributed by atoms with Gasteiger partial charge in [-0.05, 0) is 43.7 Å². The summed E-state index contributed by atoms with van der Waals surface area (Å²) in [5, 5.41) is 1.63. The molecule has 0 spiro atoms. The van der Waals surface area contributed by atoms with Crippen LogP contribution in [0.25, 0.3) is 21.9 Å². The van der Waals surface area contributed by atoms with Gasteiger partial charge in [-0.3, -0.25) is 0 Å². The normalized spacial score (nSPS) is 12.0. The van der Waals surface area contributed by atoms with Gasteiger partial charge in [0.25, 0.3) is 0 Å². The molecular weight excluding hydrogens is 537 g/mol. The lowest BCUT2D eigenvalue weighted by Gasteiger charge is -2.14. The zero-order valence-electron chi connectivity index (χ0n) is 22.3. The third-order valence-electron chi connectivity index (χ3n) is 6.32. The van der Waals surface area contributed by atoms with Gasteiger partial charge in [-0.1, -0.05) is 109 Å². The molecule has 0 saturated heterocycles. The fraction of sp³-hybridized carbons (Fsp3) is 0.118. The van der Waals surface area contributed by atoms with Crippen LogP contribution >= 0.6 is 23.5 Å². The first-order chi connectivity index (χ1) is 19.5. The van der Waals surface area contributed by atoms with E-state index in [2.05, 4.69) is 19.6 Å². The Morgan fingerprint density at radius 3 is 2.00 bits per heavy atom. The zero-order valence-corrected chi connectivity index (χ0v) is 23.9. The molecule has 5 aromatic rings. The third kappa shape index (κ3) is 5.93. The van der Waals surface area contributed by atoms with Crippen molar-refractivity contribution in [3.63, 3.8) is 0 Å². The second-order valence-electron chi connectivity index (χ2n) is 9.20. The molecule has 0 saturated carbocycles. The van der Waals surface area contributed by atoms with Crippen LogP contribution in [0.15, 0.2) is 142 Å². The molecular formula is C34H28O4S2. The molecule has 40 heavy (non-hydrogen) atoms. The highest BCUT2D eigenvalue weighted by atomic mass is 32.2. The van der Waals surface area contributed by atoms with Gasteiger partial charge >= 0.3 is 11.3 Å². The van der Waals surface area contributed by atoms with Crippen LogP contribution in [-0.2, 0) is 6.42 Å². The van der Waals surface area contributed by atoms with Gasteiger partial charge in [-0.2, -0.15) is 0 Å². The lowest BCUT2D eigenvalue weighted by Crippen LogP contribution is -2.16. The molecule has 200 valence electrons. The summed E-state index contributed by atoms with van der Waals surface area (Å²) in [6.07, 6.45) is 8.65. The summed E-state index contributed by atoms with van der Waals surface area (Å²) >= 11 is 2.97. The number of para-hydroxylation sites is 2. The van der Waals surface area contributed by atoms with Crippen molar-refractivity contribution in [2.45, 2.75) is 41.4 Å².